The summed E-state index contributed by atoms with van der Waals surface area (Å²) in [6.45, 7) is 8.36. The first-order valence-electron chi connectivity index (χ1n) is 6.27. The maximum Gasteiger partial charge on any atom is 0.168 e. The van der Waals surface area contributed by atoms with Crippen LogP contribution in [0.2, 0.25) is 0 Å². The van der Waals surface area contributed by atoms with E-state index in [1.807, 2.05) is 20.8 Å². The fourth-order valence-electron chi connectivity index (χ4n) is 1.85. The maximum atomic E-state index is 13.6. The molecule has 0 aliphatic heterocycles. The summed E-state index contributed by atoms with van der Waals surface area (Å²) < 4.78 is 27.1. The summed E-state index contributed by atoms with van der Waals surface area (Å²) in [5.74, 6) is -1.17. The van der Waals surface area contributed by atoms with E-state index in [1.54, 1.807) is 0 Å². The molecule has 0 aliphatic rings. The van der Waals surface area contributed by atoms with Crippen LogP contribution in [0.3, 0.4) is 0 Å². The van der Waals surface area contributed by atoms with E-state index < -0.39 is 11.6 Å². The third kappa shape index (κ3) is 3.82. The smallest absolute Gasteiger partial charge is 0.168 e. The molecule has 0 saturated heterocycles. The summed E-state index contributed by atoms with van der Waals surface area (Å²) in [7, 11) is 0. The molecular weight excluding hydrogens is 236 g/mol. The van der Waals surface area contributed by atoms with Gasteiger partial charge in [-0.15, -0.1) is 0 Å². The van der Waals surface area contributed by atoms with E-state index >= 15 is 0 Å². The molecule has 0 unspecified atom stereocenters. The molecule has 5 heteroatoms. The van der Waals surface area contributed by atoms with E-state index in [0.29, 0.717) is 6.54 Å². The van der Waals surface area contributed by atoms with Gasteiger partial charge < -0.3 is 10.6 Å². The standard InChI is InChI=1S/C13H21F2N3/c1-5-7-13(3,4)18-12-10(15)8-9(14)11(17-12)16-6-2/h8H,5-7H2,1-4H3,(H2,16,17,18). The van der Waals surface area contributed by atoms with Crippen LogP contribution >= 0.6 is 0 Å². The van der Waals surface area contributed by atoms with E-state index in [2.05, 4.69) is 22.5 Å². The lowest BCUT2D eigenvalue weighted by molar-refractivity contribution is 0.499. The molecule has 0 atom stereocenters. The normalized spacial score (nSPS) is 11.4. The van der Waals surface area contributed by atoms with E-state index in [-0.39, 0.29) is 17.2 Å². The Hall–Kier alpha value is -1.39. The van der Waals surface area contributed by atoms with Crippen LogP contribution in [-0.2, 0) is 0 Å². The highest BCUT2D eigenvalue weighted by Crippen LogP contribution is 2.23. The van der Waals surface area contributed by atoms with Crippen molar-refractivity contribution in [3.05, 3.63) is 17.7 Å². The second-order valence-corrected chi connectivity index (χ2v) is 4.94. The van der Waals surface area contributed by atoms with Gasteiger partial charge in [-0.3, -0.25) is 0 Å². The minimum atomic E-state index is -0.673. The van der Waals surface area contributed by atoms with Gasteiger partial charge in [0.25, 0.3) is 0 Å². The Labute approximate surface area is 107 Å². The van der Waals surface area contributed by atoms with Crippen LogP contribution in [0.5, 0.6) is 0 Å². The molecule has 1 rings (SSSR count). The highest BCUT2D eigenvalue weighted by Gasteiger charge is 2.20. The summed E-state index contributed by atoms with van der Waals surface area (Å²) in [5.41, 5.74) is -0.274. The van der Waals surface area contributed by atoms with Gasteiger partial charge in [0.15, 0.2) is 23.3 Å². The Morgan fingerprint density at radius 3 is 2.33 bits per heavy atom. The van der Waals surface area contributed by atoms with Crippen LogP contribution in [0.4, 0.5) is 20.4 Å². The topological polar surface area (TPSA) is 37.0 Å². The molecule has 0 bridgehead atoms. The van der Waals surface area contributed by atoms with Crippen molar-refractivity contribution in [3.8, 4) is 0 Å². The second kappa shape index (κ2) is 5.98. The Morgan fingerprint density at radius 1 is 1.17 bits per heavy atom. The third-order valence-corrected chi connectivity index (χ3v) is 2.61. The van der Waals surface area contributed by atoms with Crippen LogP contribution in [0, 0.1) is 11.6 Å². The van der Waals surface area contributed by atoms with Crippen LogP contribution in [-0.4, -0.2) is 17.1 Å². The lowest BCUT2D eigenvalue weighted by Gasteiger charge is -2.27. The van der Waals surface area contributed by atoms with Crippen molar-refractivity contribution in [3.63, 3.8) is 0 Å². The Bertz CT molecular complexity index is 405. The van der Waals surface area contributed by atoms with Crippen molar-refractivity contribution in [1.82, 2.24) is 4.98 Å². The SMILES string of the molecule is CCCC(C)(C)Nc1nc(NCC)c(F)cc1F. The van der Waals surface area contributed by atoms with E-state index in [1.165, 1.54) is 0 Å². The van der Waals surface area contributed by atoms with Gasteiger partial charge in [0.1, 0.15) is 0 Å². The molecule has 0 amide bonds. The Kier molecular flexibility index (Phi) is 4.87. The molecule has 0 spiro atoms. The molecule has 1 aromatic heterocycles. The van der Waals surface area contributed by atoms with Crippen molar-refractivity contribution < 1.29 is 8.78 Å². The molecule has 0 aromatic carbocycles. The predicted octanol–water partition coefficient (Wildman–Crippen LogP) is 3.78. The molecular formula is C13H21F2N3. The first-order valence-corrected chi connectivity index (χ1v) is 6.27. The largest absolute Gasteiger partial charge is 0.368 e. The van der Waals surface area contributed by atoms with Gasteiger partial charge in [-0.25, -0.2) is 13.8 Å². The molecule has 0 fully saturated rings. The van der Waals surface area contributed by atoms with Gasteiger partial charge in [0.2, 0.25) is 0 Å². The zero-order valence-corrected chi connectivity index (χ0v) is 11.4. The number of aromatic nitrogens is 1. The maximum absolute atomic E-state index is 13.6. The third-order valence-electron chi connectivity index (χ3n) is 2.61. The molecule has 102 valence electrons. The minimum absolute atomic E-state index is 0.0775. The fourth-order valence-corrected chi connectivity index (χ4v) is 1.85. The fraction of sp³-hybridized carbons (Fsp3) is 0.615. The van der Waals surface area contributed by atoms with Crippen molar-refractivity contribution in [2.45, 2.75) is 46.1 Å². The summed E-state index contributed by atoms with van der Waals surface area (Å²) >= 11 is 0. The van der Waals surface area contributed by atoms with Gasteiger partial charge in [-0.2, -0.15) is 0 Å². The van der Waals surface area contributed by atoms with Crippen molar-refractivity contribution in [2.24, 2.45) is 0 Å². The van der Waals surface area contributed by atoms with Gasteiger partial charge in [-0.05, 0) is 27.2 Å². The van der Waals surface area contributed by atoms with Gasteiger partial charge in [-0.1, -0.05) is 13.3 Å². The zero-order chi connectivity index (χ0) is 13.8. The van der Waals surface area contributed by atoms with E-state index in [4.69, 9.17) is 0 Å². The highest BCUT2D eigenvalue weighted by atomic mass is 19.1. The van der Waals surface area contributed by atoms with Crippen molar-refractivity contribution >= 4 is 11.6 Å². The number of pyridine rings is 1. The van der Waals surface area contributed by atoms with Gasteiger partial charge in [0.05, 0.1) is 0 Å². The molecule has 3 nitrogen and oxygen atoms in total. The van der Waals surface area contributed by atoms with Gasteiger partial charge in [0, 0.05) is 18.2 Å². The summed E-state index contributed by atoms with van der Waals surface area (Å²) in [6.07, 6.45) is 1.85. The monoisotopic (exact) mass is 257 g/mol. The molecule has 1 aromatic rings. The lowest BCUT2D eigenvalue weighted by Crippen LogP contribution is -2.31. The average molecular weight is 257 g/mol. The molecule has 1 heterocycles. The number of nitrogens with zero attached hydrogens (tertiary/aromatic N) is 1. The van der Waals surface area contributed by atoms with Crippen molar-refractivity contribution in [2.75, 3.05) is 17.2 Å². The number of hydrogen-bond acceptors (Lipinski definition) is 3. The number of rotatable bonds is 6. The Morgan fingerprint density at radius 2 is 1.78 bits per heavy atom. The van der Waals surface area contributed by atoms with E-state index in [0.717, 1.165) is 18.9 Å². The summed E-state index contributed by atoms with van der Waals surface area (Å²) in [6, 6.07) is 0.857. The average Bonchev–Trinajstić information content (AvgIpc) is 2.25. The first-order chi connectivity index (χ1) is 8.39. The minimum Gasteiger partial charge on any atom is -0.368 e. The lowest BCUT2D eigenvalue weighted by atomic mass is 9.99. The molecule has 0 aliphatic carbocycles. The highest BCUT2D eigenvalue weighted by molar-refractivity contribution is 5.48. The quantitative estimate of drug-likeness (QED) is 0.814. The number of anilines is 2. The number of halogens is 2. The summed E-state index contributed by atoms with van der Waals surface area (Å²) in [4.78, 5) is 3.96. The van der Waals surface area contributed by atoms with Crippen LogP contribution in [0.15, 0.2) is 6.07 Å². The molecule has 0 radical (unpaired) electrons. The number of hydrogen-bond donors (Lipinski definition) is 2. The van der Waals surface area contributed by atoms with Crippen molar-refractivity contribution in [1.29, 1.82) is 0 Å². The second-order valence-electron chi connectivity index (χ2n) is 4.94. The molecule has 18 heavy (non-hydrogen) atoms. The van der Waals surface area contributed by atoms with Crippen LogP contribution in [0.1, 0.15) is 40.5 Å². The van der Waals surface area contributed by atoms with Gasteiger partial charge >= 0.3 is 0 Å². The molecule has 2 N–H and O–H groups in total. The number of nitrogens with one attached hydrogen (secondary N) is 2. The first kappa shape index (κ1) is 14.7. The summed E-state index contributed by atoms with van der Waals surface area (Å²) in [5, 5.41) is 5.79. The zero-order valence-electron chi connectivity index (χ0n) is 11.4. The Balaban J connectivity index is 2.98. The van der Waals surface area contributed by atoms with Crippen LogP contribution < -0.4 is 10.6 Å². The van der Waals surface area contributed by atoms with Crippen LogP contribution in [0.25, 0.3) is 0 Å². The van der Waals surface area contributed by atoms with E-state index in [9.17, 15) is 8.78 Å². The predicted molar refractivity (Wildman–Crippen MR) is 70.9 cm³/mol. The molecule has 0 saturated carbocycles.